The lowest BCUT2D eigenvalue weighted by molar-refractivity contribution is -0.155. The molecule has 0 N–H and O–H groups in total. The zero-order valence-electron chi connectivity index (χ0n) is 13.1. The molecule has 0 aliphatic heterocycles. The van der Waals surface area contributed by atoms with Gasteiger partial charge in [-0.1, -0.05) is 27.7 Å². The van der Waals surface area contributed by atoms with Gasteiger partial charge in [-0.3, -0.25) is 4.79 Å². The molecule has 108 valence electrons. The molecule has 1 rings (SSSR count). The molecule has 1 atom stereocenters. The third-order valence-corrected chi connectivity index (χ3v) is 5.08. The number of Topliss-reactive ketones (excluding diaryl/α,β-unsaturated/α-hetero) is 1. The van der Waals surface area contributed by atoms with Gasteiger partial charge in [0.05, 0.1) is 7.11 Å². The van der Waals surface area contributed by atoms with Gasteiger partial charge in [0.25, 0.3) is 0 Å². The third kappa shape index (κ3) is 1.84. The molecule has 0 radical (unpaired) electrons. The normalized spacial score (nSPS) is 29.4. The summed E-state index contributed by atoms with van der Waals surface area (Å²) < 4.78 is 10.3. The van der Waals surface area contributed by atoms with Crippen molar-refractivity contribution in [3.63, 3.8) is 0 Å². The zero-order chi connectivity index (χ0) is 15.2. The fourth-order valence-electron chi connectivity index (χ4n) is 2.83. The van der Waals surface area contributed by atoms with E-state index in [0.717, 1.165) is 0 Å². The van der Waals surface area contributed by atoms with Gasteiger partial charge in [-0.25, -0.2) is 4.79 Å². The molecule has 0 aromatic carbocycles. The second kappa shape index (κ2) is 4.44. The lowest BCUT2D eigenvalue weighted by Gasteiger charge is -2.51. The number of hydrogen-bond acceptors (Lipinski definition) is 4. The number of methoxy groups -OCH3 is 2. The fraction of sp³-hybridized carbons (Fsp3) is 0.733. The topological polar surface area (TPSA) is 52.6 Å². The minimum Gasteiger partial charge on any atom is -0.466 e. The van der Waals surface area contributed by atoms with E-state index in [-0.39, 0.29) is 5.78 Å². The average molecular weight is 268 g/mol. The van der Waals surface area contributed by atoms with Crippen molar-refractivity contribution in [3.8, 4) is 0 Å². The molecule has 0 amide bonds. The smallest absolute Gasteiger partial charge is 0.334 e. The van der Waals surface area contributed by atoms with E-state index in [1.807, 2.05) is 27.7 Å². The van der Waals surface area contributed by atoms with Gasteiger partial charge in [0.1, 0.15) is 5.60 Å². The Labute approximate surface area is 115 Å². The maximum Gasteiger partial charge on any atom is 0.334 e. The van der Waals surface area contributed by atoms with Crippen LogP contribution in [0.5, 0.6) is 0 Å². The number of esters is 1. The maximum atomic E-state index is 12.8. The molecule has 0 saturated carbocycles. The summed E-state index contributed by atoms with van der Waals surface area (Å²) in [7, 11) is 2.84. The van der Waals surface area contributed by atoms with Gasteiger partial charge in [0, 0.05) is 23.5 Å². The molecule has 0 heterocycles. The predicted molar refractivity (Wildman–Crippen MR) is 72.7 cm³/mol. The Morgan fingerprint density at radius 2 is 1.47 bits per heavy atom. The SMILES string of the molecule is COC(=O)C1=C(C)C(C)(OC)C(=O)C(C)(C)C1(C)C. The predicted octanol–water partition coefficient (Wildman–Crippen LogP) is 2.52. The Bertz CT molecular complexity index is 457. The van der Waals surface area contributed by atoms with E-state index in [1.165, 1.54) is 14.2 Å². The molecule has 0 bridgehead atoms. The molecule has 0 spiro atoms. The number of hydrogen-bond donors (Lipinski definition) is 0. The van der Waals surface area contributed by atoms with Crippen molar-refractivity contribution in [2.75, 3.05) is 14.2 Å². The molecular formula is C15H24O4. The first-order valence-corrected chi connectivity index (χ1v) is 6.38. The minimum atomic E-state index is -1.08. The first-order valence-electron chi connectivity index (χ1n) is 6.38. The van der Waals surface area contributed by atoms with Crippen LogP contribution in [0.15, 0.2) is 11.1 Å². The van der Waals surface area contributed by atoms with Gasteiger partial charge in [0.15, 0.2) is 5.78 Å². The van der Waals surface area contributed by atoms with E-state index in [9.17, 15) is 9.59 Å². The summed E-state index contributed by atoms with van der Waals surface area (Å²) in [4.78, 5) is 24.9. The summed E-state index contributed by atoms with van der Waals surface area (Å²) in [5, 5.41) is 0. The van der Waals surface area contributed by atoms with Crippen molar-refractivity contribution in [3.05, 3.63) is 11.1 Å². The molecule has 0 aromatic rings. The summed E-state index contributed by atoms with van der Waals surface area (Å²) in [5.41, 5.74) is -1.25. The molecule has 0 saturated heterocycles. The quantitative estimate of drug-likeness (QED) is 0.722. The molecule has 4 heteroatoms. The van der Waals surface area contributed by atoms with E-state index in [0.29, 0.717) is 11.1 Å². The Morgan fingerprint density at radius 3 is 1.84 bits per heavy atom. The second-order valence-corrected chi connectivity index (χ2v) is 6.31. The van der Waals surface area contributed by atoms with Gasteiger partial charge in [-0.05, 0) is 19.4 Å². The van der Waals surface area contributed by atoms with Crippen LogP contribution in [-0.2, 0) is 19.1 Å². The Kier molecular flexibility index (Phi) is 3.72. The van der Waals surface area contributed by atoms with E-state index in [1.54, 1.807) is 13.8 Å². The third-order valence-electron chi connectivity index (χ3n) is 5.08. The Hall–Kier alpha value is -1.16. The van der Waals surface area contributed by atoms with Crippen molar-refractivity contribution in [1.82, 2.24) is 0 Å². The van der Waals surface area contributed by atoms with E-state index < -0.39 is 22.4 Å². The van der Waals surface area contributed by atoms with Crippen LogP contribution >= 0.6 is 0 Å². The highest BCUT2D eigenvalue weighted by molar-refractivity contribution is 6.03. The summed E-state index contributed by atoms with van der Waals surface area (Å²) in [6.07, 6.45) is 0. The zero-order valence-corrected chi connectivity index (χ0v) is 13.1. The van der Waals surface area contributed by atoms with Crippen molar-refractivity contribution >= 4 is 11.8 Å². The van der Waals surface area contributed by atoms with Crippen LogP contribution in [0, 0.1) is 10.8 Å². The van der Waals surface area contributed by atoms with Crippen molar-refractivity contribution in [2.45, 2.75) is 47.1 Å². The molecule has 19 heavy (non-hydrogen) atoms. The van der Waals surface area contributed by atoms with Crippen LogP contribution in [0.1, 0.15) is 41.5 Å². The van der Waals surface area contributed by atoms with Crippen LogP contribution in [0.2, 0.25) is 0 Å². The van der Waals surface area contributed by atoms with Crippen LogP contribution in [-0.4, -0.2) is 31.6 Å². The van der Waals surface area contributed by atoms with E-state index in [2.05, 4.69) is 0 Å². The lowest BCUT2D eigenvalue weighted by Crippen LogP contribution is -2.58. The van der Waals surface area contributed by atoms with Crippen LogP contribution < -0.4 is 0 Å². The van der Waals surface area contributed by atoms with Crippen molar-refractivity contribution < 1.29 is 19.1 Å². The Balaban J connectivity index is 3.72. The Morgan fingerprint density at radius 1 is 1.00 bits per heavy atom. The monoisotopic (exact) mass is 268 g/mol. The van der Waals surface area contributed by atoms with Gasteiger partial charge in [-0.15, -0.1) is 0 Å². The molecule has 1 unspecified atom stereocenters. The second-order valence-electron chi connectivity index (χ2n) is 6.31. The number of carbonyl (C=O) groups is 2. The molecule has 1 aliphatic rings. The highest BCUT2D eigenvalue weighted by Crippen LogP contribution is 2.54. The van der Waals surface area contributed by atoms with E-state index >= 15 is 0 Å². The highest BCUT2D eigenvalue weighted by atomic mass is 16.5. The highest BCUT2D eigenvalue weighted by Gasteiger charge is 2.59. The first kappa shape index (κ1) is 15.9. The number of carbonyl (C=O) groups excluding carboxylic acids is 2. The van der Waals surface area contributed by atoms with Crippen LogP contribution in [0.25, 0.3) is 0 Å². The maximum absolute atomic E-state index is 12.8. The fourth-order valence-corrected chi connectivity index (χ4v) is 2.83. The van der Waals surface area contributed by atoms with Gasteiger partial charge < -0.3 is 9.47 Å². The van der Waals surface area contributed by atoms with Crippen molar-refractivity contribution in [1.29, 1.82) is 0 Å². The van der Waals surface area contributed by atoms with Gasteiger partial charge in [0.2, 0.25) is 0 Å². The lowest BCUT2D eigenvalue weighted by atomic mass is 9.53. The van der Waals surface area contributed by atoms with Gasteiger partial charge in [-0.2, -0.15) is 0 Å². The van der Waals surface area contributed by atoms with Crippen molar-refractivity contribution in [2.24, 2.45) is 10.8 Å². The molecule has 0 aromatic heterocycles. The largest absolute Gasteiger partial charge is 0.466 e. The summed E-state index contributed by atoms with van der Waals surface area (Å²) >= 11 is 0. The number of rotatable bonds is 2. The molecule has 0 fully saturated rings. The van der Waals surface area contributed by atoms with Crippen LogP contribution in [0.3, 0.4) is 0 Å². The first-order chi connectivity index (χ1) is 8.48. The number of ether oxygens (including phenoxy) is 2. The van der Waals surface area contributed by atoms with Gasteiger partial charge >= 0.3 is 5.97 Å². The van der Waals surface area contributed by atoms with E-state index in [4.69, 9.17) is 9.47 Å². The molecule has 4 nitrogen and oxygen atoms in total. The standard InChI is InChI=1S/C15H24O4/c1-9-10(11(16)18-7)13(2,3)14(4,5)12(17)15(9,6)19-8/h1-8H3. The molecular weight excluding hydrogens is 244 g/mol. The summed E-state index contributed by atoms with van der Waals surface area (Å²) in [6, 6.07) is 0. The number of ketones is 1. The summed E-state index contributed by atoms with van der Waals surface area (Å²) in [6.45, 7) is 11.0. The average Bonchev–Trinajstić information content (AvgIpc) is 2.34. The van der Waals surface area contributed by atoms with Crippen LogP contribution in [0.4, 0.5) is 0 Å². The molecule has 1 aliphatic carbocycles. The minimum absolute atomic E-state index is 0.0161. The summed E-state index contributed by atoms with van der Waals surface area (Å²) in [5.74, 6) is -0.413.